The van der Waals surface area contributed by atoms with Gasteiger partial charge in [0.2, 0.25) is 5.91 Å². The van der Waals surface area contributed by atoms with E-state index in [4.69, 9.17) is 0 Å². The predicted molar refractivity (Wildman–Crippen MR) is 79.5 cm³/mol. The predicted octanol–water partition coefficient (Wildman–Crippen LogP) is 2.56. The lowest BCUT2D eigenvalue weighted by molar-refractivity contribution is -0.122. The van der Waals surface area contributed by atoms with Crippen LogP contribution in [0.2, 0.25) is 0 Å². The van der Waals surface area contributed by atoms with E-state index in [0.717, 1.165) is 30.9 Å². The molecule has 104 valence electrons. The first-order chi connectivity index (χ1) is 8.98. The average Bonchev–Trinajstić information content (AvgIpc) is 2.58. The second-order valence-electron chi connectivity index (χ2n) is 5.97. The van der Waals surface area contributed by atoms with E-state index in [2.05, 4.69) is 31.3 Å². The van der Waals surface area contributed by atoms with Crippen LogP contribution in [-0.4, -0.2) is 25.5 Å². The minimum atomic E-state index is -0.394. The third kappa shape index (κ3) is 2.52. The zero-order chi connectivity index (χ0) is 14.0. The highest BCUT2D eigenvalue weighted by molar-refractivity contribution is 6.07. The Bertz CT molecular complexity index is 468. The number of benzene rings is 1. The number of para-hydroxylation sites is 1. The Hall–Kier alpha value is -1.35. The van der Waals surface area contributed by atoms with Crippen molar-refractivity contribution in [3.63, 3.8) is 0 Å². The van der Waals surface area contributed by atoms with Gasteiger partial charge in [-0.2, -0.15) is 0 Å². The summed E-state index contributed by atoms with van der Waals surface area (Å²) in [4.78, 5) is 14.6. The summed E-state index contributed by atoms with van der Waals surface area (Å²) in [7, 11) is 0. The Labute approximate surface area is 116 Å². The SMILES string of the molecule is CCNCC(C)CN1C(=O)C(C)(C)c2ccccc21. The summed E-state index contributed by atoms with van der Waals surface area (Å²) in [6.45, 7) is 11.0. The molecule has 1 heterocycles. The quantitative estimate of drug-likeness (QED) is 0.882. The van der Waals surface area contributed by atoms with Crippen LogP contribution in [0.5, 0.6) is 0 Å². The molecule has 1 unspecified atom stereocenters. The van der Waals surface area contributed by atoms with Crippen LogP contribution in [0.4, 0.5) is 5.69 Å². The topological polar surface area (TPSA) is 32.3 Å². The number of carbonyl (C=O) groups excluding carboxylic acids is 1. The molecule has 0 saturated heterocycles. The Kier molecular flexibility index (Phi) is 3.95. The maximum absolute atomic E-state index is 12.6. The molecule has 1 aliphatic rings. The van der Waals surface area contributed by atoms with Gasteiger partial charge in [-0.1, -0.05) is 32.0 Å². The van der Waals surface area contributed by atoms with Crippen molar-refractivity contribution in [1.29, 1.82) is 0 Å². The van der Waals surface area contributed by atoms with Crippen LogP contribution in [0.1, 0.15) is 33.3 Å². The van der Waals surface area contributed by atoms with E-state index in [1.54, 1.807) is 0 Å². The number of fused-ring (bicyclic) bond motifs is 1. The van der Waals surface area contributed by atoms with Gasteiger partial charge in [0.15, 0.2) is 0 Å². The van der Waals surface area contributed by atoms with Gasteiger partial charge >= 0.3 is 0 Å². The largest absolute Gasteiger partial charge is 0.317 e. The minimum absolute atomic E-state index is 0.219. The summed E-state index contributed by atoms with van der Waals surface area (Å²) in [6.07, 6.45) is 0. The van der Waals surface area contributed by atoms with Gasteiger partial charge in [-0.05, 0) is 44.5 Å². The number of nitrogens with zero attached hydrogens (tertiary/aromatic N) is 1. The van der Waals surface area contributed by atoms with Crippen LogP contribution < -0.4 is 10.2 Å². The molecule has 1 aromatic rings. The third-order valence-corrected chi connectivity index (χ3v) is 3.89. The zero-order valence-corrected chi connectivity index (χ0v) is 12.4. The fourth-order valence-corrected chi connectivity index (χ4v) is 2.75. The Balaban J connectivity index is 2.20. The van der Waals surface area contributed by atoms with Crippen molar-refractivity contribution in [2.24, 2.45) is 5.92 Å². The molecule has 1 aromatic carbocycles. The van der Waals surface area contributed by atoms with Gasteiger partial charge in [0.05, 0.1) is 5.41 Å². The number of amides is 1. The molecule has 0 aromatic heterocycles. The molecule has 1 amide bonds. The van der Waals surface area contributed by atoms with Crippen LogP contribution in [0.25, 0.3) is 0 Å². The number of nitrogens with one attached hydrogen (secondary N) is 1. The lowest BCUT2D eigenvalue weighted by Gasteiger charge is -2.24. The molecule has 0 bridgehead atoms. The highest BCUT2D eigenvalue weighted by atomic mass is 16.2. The van der Waals surface area contributed by atoms with Crippen molar-refractivity contribution in [1.82, 2.24) is 5.32 Å². The maximum Gasteiger partial charge on any atom is 0.237 e. The van der Waals surface area contributed by atoms with Gasteiger partial charge in [-0.3, -0.25) is 4.79 Å². The Morgan fingerprint density at radius 3 is 2.68 bits per heavy atom. The van der Waals surface area contributed by atoms with E-state index < -0.39 is 5.41 Å². The Morgan fingerprint density at radius 1 is 1.32 bits per heavy atom. The molecule has 3 nitrogen and oxygen atoms in total. The second kappa shape index (κ2) is 5.33. The van der Waals surface area contributed by atoms with Crippen LogP contribution in [0, 0.1) is 5.92 Å². The van der Waals surface area contributed by atoms with E-state index >= 15 is 0 Å². The summed E-state index contributed by atoms with van der Waals surface area (Å²) < 4.78 is 0. The van der Waals surface area contributed by atoms with Gasteiger partial charge in [0.25, 0.3) is 0 Å². The molecule has 0 spiro atoms. The lowest BCUT2D eigenvalue weighted by Crippen LogP contribution is -2.40. The highest BCUT2D eigenvalue weighted by Crippen LogP contribution is 2.41. The highest BCUT2D eigenvalue weighted by Gasteiger charge is 2.43. The molecule has 1 aliphatic heterocycles. The maximum atomic E-state index is 12.6. The van der Waals surface area contributed by atoms with Gasteiger partial charge in [-0.15, -0.1) is 0 Å². The first-order valence-electron chi connectivity index (χ1n) is 7.10. The first kappa shape index (κ1) is 14.1. The molecule has 1 atom stereocenters. The summed E-state index contributed by atoms with van der Waals surface area (Å²) in [6, 6.07) is 8.15. The van der Waals surface area contributed by atoms with Crippen molar-refractivity contribution < 1.29 is 4.79 Å². The molecule has 2 rings (SSSR count). The molecular formula is C16H24N2O. The van der Waals surface area contributed by atoms with E-state index in [1.165, 1.54) is 0 Å². The zero-order valence-electron chi connectivity index (χ0n) is 12.4. The molecule has 0 saturated carbocycles. The summed E-state index contributed by atoms with van der Waals surface area (Å²) >= 11 is 0. The van der Waals surface area contributed by atoms with E-state index in [1.807, 2.05) is 30.9 Å². The standard InChI is InChI=1S/C16H24N2O/c1-5-17-10-12(2)11-18-14-9-7-6-8-13(14)16(3,4)15(18)19/h6-9,12,17H,5,10-11H2,1-4H3. The molecule has 0 aliphatic carbocycles. The molecular weight excluding hydrogens is 236 g/mol. The number of anilines is 1. The lowest BCUT2D eigenvalue weighted by atomic mass is 9.86. The van der Waals surface area contributed by atoms with Crippen LogP contribution in [-0.2, 0) is 10.2 Å². The van der Waals surface area contributed by atoms with E-state index in [-0.39, 0.29) is 5.91 Å². The first-order valence-corrected chi connectivity index (χ1v) is 7.10. The van der Waals surface area contributed by atoms with Crippen molar-refractivity contribution in [2.75, 3.05) is 24.5 Å². The van der Waals surface area contributed by atoms with Gasteiger partial charge < -0.3 is 10.2 Å². The fraction of sp³-hybridized carbons (Fsp3) is 0.562. The van der Waals surface area contributed by atoms with Crippen molar-refractivity contribution >= 4 is 11.6 Å². The van der Waals surface area contributed by atoms with Gasteiger partial charge in [0.1, 0.15) is 0 Å². The van der Waals surface area contributed by atoms with Gasteiger partial charge in [0, 0.05) is 12.2 Å². The Morgan fingerprint density at radius 2 is 2.00 bits per heavy atom. The van der Waals surface area contributed by atoms with Crippen molar-refractivity contribution in [3.8, 4) is 0 Å². The second-order valence-corrected chi connectivity index (χ2v) is 5.97. The summed E-state index contributed by atoms with van der Waals surface area (Å²) in [5.74, 6) is 0.669. The summed E-state index contributed by atoms with van der Waals surface area (Å²) in [5, 5.41) is 3.34. The number of rotatable bonds is 5. The molecule has 0 fully saturated rings. The smallest absolute Gasteiger partial charge is 0.237 e. The molecule has 19 heavy (non-hydrogen) atoms. The fourth-order valence-electron chi connectivity index (χ4n) is 2.75. The van der Waals surface area contributed by atoms with Crippen molar-refractivity contribution in [2.45, 2.75) is 33.1 Å². The average molecular weight is 260 g/mol. The van der Waals surface area contributed by atoms with Crippen LogP contribution >= 0.6 is 0 Å². The van der Waals surface area contributed by atoms with Crippen molar-refractivity contribution in [3.05, 3.63) is 29.8 Å². The molecule has 3 heteroatoms. The molecule has 0 radical (unpaired) electrons. The van der Waals surface area contributed by atoms with Gasteiger partial charge in [-0.25, -0.2) is 0 Å². The number of hydrogen-bond acceptors (Lipinski definition) is 2. The third-order valence-electron chi connectivity index (χ3n) is 3.89. The summed E-state index contributed by atoms with van der Waals surface area (Å²) in [5.41, 5.74) is 1.84. The number of hydrogen-bond donors (Lipinski definition) is 1. The van der Waals surface area contributed by atoms with E-state index in [0.29, 0.717) is 5.92 Å². The molecule has 1 N–H and O–H groups in total. The normalized spacial score (nSPS) is 18.5. The minimum Gasteiger partial charge on any atom is -0.317 e. The van der Waals surface area contributed by atoms with Crippen LogP contribution in [0.3, 0.4) is 0 Å². The van der Waals surface area contributed by atoms with E-state index in [9.17, 15) is 4.79 Å². The number of carbonyl (C=O) groups is 1. The van der Waals surface area contributed by atoms with Crippen LogP contribution in [0.15, 0.2) is 24.3 Å². The monoisotopic (exact) mass is 260 g/mol.